The summed E-state index contributed by atoms with van der Waals surface area (Å²) in [6.07, 6.45) is 0. The molecule has 2 aromatic rings. The van der Waals surface area contributed by atoms with Crippen molar-refractivity contribution >= 4 is 17.4 Å². The lowest BCUT2D eigenvalue weighted by Gasteiger charge is -2.27. The molecule has 2 amide bonds. The van der Waals surface area contributed by atoms with Gasteiger partial charge in [0.25, 0.3) is 0 Å². The fourth-order valence-electron chi connectivity index (χ4n) is 1.89. The molecule has 0 saturated heterocycles. The van der Waals surface area contributed by atoms with Gasteiger partial charge >= 0.3 is 6.03 Å². The number of carbonyl (C=O) groups excluding carboxylic acids is 1. The molecule has 0 unspecified atom stereocenters. The maximum absolute atomic E-state index is 12.5. The number of rotatable bonds is 2. The van der Waals surface area contributed by atoms with Gasteiger partial charge in [0.05, 0.1) is 16.9 Å². The number of amides is 2. The second-order valence-corrected chi connectivity index (χ2v) is 4.48. The van der Waals surface area contributed by atoms with E-state index in [0.29, 0.717) is 11.3 Å². The van der Waals surface area contributed by atoms with Gasteiger partial charge in [0.1, 0.15) is 6.07 Å². The monoisotopic (exact) mass is 265 g/mol. The van der Waals surface area contributed by atoms with Gasteiger partial charge in [0, 0.05) is 14.1 Å². The highest BCUT2D eigenvalue weighted by Gasteiger charge is 2.21. The molecule has 0 spiro atoms. The quantitative estimate of drug-likeness (QED) is 0.835. The summed E-state index contributed by atoms with van der Waals surface area (Å²) in [5.41, 5.74) is 1.78. The van der Waals surface area contributed by atoms with E-state index in [1.165, 1.54) is 4.90 Å². The number of anilines is 2. The number of hydrogen-bond acceptors (Lipinski definition) is 2. The van der Waals surface area contributed by atoms with Crippen LogP contribution < -0.4 is 4.90 Å². The van der Waals surface area contributed by atoms with Crippen LogP contribution in [0.3, 0.4) is 0 Å². The minimum atomic E-state index is -0.195. The van der Waals surface area contributed by atoms with E-state index in [4.69, 9.17) is 0 Å². The fraction of sp³-hybridized carbons (Fsp3) is 0.125. The lowest BCUT2D eigenvalue weighted by molar-refractivity contribution is 0.226. The SMILES string of the molecule is CN(C)C(=O)N(c1ccccc1)c1ccccc1C#N. The van der Waals surface area contributed by atoms with Crippen molar-refractivity contribution in [2.45, 2.75) is 0 Å². The van der Waals surface area contributed by atoms with Crippen molar-refractivity contribution in [3.8, 4) is 6.07 Å². The third-order valence-corrected chi connectivity index (χ3v) is 2.85. The first-order valence-corrected chi connectivity index (χ1v) is 6.20. The summed E-state index contributed by atoms with van der Waals surface area (Å²) in [5.74, 6) is 0. The zero-order valence-electron chi connectivity index (χ0n) is 11.4. The summed E-state index contributed by atoms with van der Waals surface area (Å²) < 4.78 is 0. The number of carbonyl (C=O) groups is 1. The number of para-hydroxylation sites is 2. The summed E-state index contributed by atoms with van der Waals surface area (Å²) in [6.45, 7) is 0. The van der Waals surface area contributed by atoms with Crippen LogP contribution in [0.4, 0.5) is 16.2 Å². The third kappa shape index (κ3) is 2.62. The molecule has 2 aromatic carbocycles. The van der Waals surface area contributed by atoms with E-state index in [2.05, 4.69) is 6.07 Å². The van der Waals surface area contributed by atoms with Crippen LogP contribution in [0.2, 0.25) is 0 Å². The van der Waals surface area contributed by atoms with Crippen molar-refractivity contribution in [3.05, 3.63) is 60.2 Å². The Labute approximate surface area is 118 Å². The Morgan fingerprint density at radius 2 is 1.60 bits per heavy atom. The first kappa shape index (κ1) is 13.6. The predicted molar refractivity (Wildman–Crippen MR) is 78.8 cm³/mol. The average Bonchev–Trinajstić information content (AvgIpc) is 2.49. The molecule has 0 aliphatic rings. The van der Waals surface area contributed by atoms with Crippen LogP contribution in [0, 0.1) is 11.3 Å². The maximum Gasteiger partial charge on any atom is 0.328 e. The molecule has 0 N–H and O–H groups in total. The van der Waals surface area contributed by atoms with Gasteiger partial charge in [0.2, 0.25) is 0 Å². The first-order chi connectivity index (χ1) is 9.65. The smallest absolute Gasteiger partial charge is 0.328 e. The highest BCUT2D eigenvalue weighted by Crippen LogP contribution is 2.29. The van der Waals surface area contributed by atoms with E-state index in [-0.39, 0.29) is 6.03 Å². The lowest BCUT2D eigenvalue weighted by Crippen LogP contribution is -2.36. The molecule has 0 aliphatic carbocycles. The Morgan fingerprint density at radius 3 is 2.20 bits per heavy atom. The van der Waals surface area contributed by atoms with Crippen molar-refractivity contribution in [2.24, 2.45) is 0 Å². The normalized spacial score (nSPS) is 9.65. The second-order valence-electron chi connectivity index (χ2n) is 4.48. The molecule has 20 heavy (non-hydrogen) atoms. The van der Waals surface area contributed by atoms with Gasteiger partial charge in [-0.2, -0.15) is 5.26 Å². The molecule has 0 atom stereocenters. The van der Waals surface area contributed by atoms with Gasteiger partial charge in [0.15, 0.2) is 0 Å². The lowest BCUT2D eigenvalue weighted by atomic mass is 10.1. The van der Waals surface area contributed by atoms with Crippen LogP contribution in [-0.2, 0) is 0 Å². The van der Waals surface area contributed by atoms with E-state index in [9.17, 15) is 10.1 Å². The van der Waals surface area contributed by atoms with Crippen LogP contribution in [-0.4, -0.2) is 25.0 Å². The number of nitriles is 1. The Morgan fingerprint density at radius 1 is 1.00 bits per heavy atom. The summed E-state index contributed by atoms with van der Waals surface area (Å²) in [4.78, 5) is 15.5. The van der Waals surface area contributed by atoms with E-state index >= 15 is 0 Å². The molecule has 0 fully saturated rings. The Bertz CT molecular complexity index is 644. The van der Waals surface area contributed by atoms with Crippen LogP contribution >= 0.6 is 0 Å². The summed E-state index contributed by atoms with van der Waals surface area (Å²) in [5, 5.41) is 9.23. The standard InChI is InChI=1S/C16H15N3O/c1-18(2)16(20)19(14-9-4-3-5-10-14)15-11-7-6-8-13(15)12-17/h3-11H,1-2H3. The Balaban J connectivity index is 2.59. The van der Waals surface area contributed by atoms with E-state index in [1.807, 2.05) is 36.4 Å². The van der Waals surface area contributed by atoms with Crippen molar-refractivity contribution in [1.29, 1.82) is 5.26 Å². The fourth-order valence-corrected chi connectivity index (χ4v) is 1.89. The highest BCUT2D eigenvalue weighted by molar-refractivity contribution is 6.00. The predicted octanol–water partition coefficient (Wildman–Crippen LogP) is 3.38. The molecule has 0 radical (unpaired) electrons. The molecule has 4 nitrogen and oxygen atoms in total. The van der Waals surface area contributed by atoms with Gasteiger partial charge in [-0.1, -0.05) is 30.3 Å². The van der Waals surface area contributed by atoms with Crippen LogP contribution in [0.5, 0.6) is 0 Å². The molecule has 4 heteroatoms. The third-order valence-electron chi connectivity index (χ3n) is 2.85. The summed E-state index contributed by atoms with van der Waals surface area (Å²) in [6, 6.07) is 18.3. The number of benzene rings is 2. The molecule has 2 rings (SSSR count). The Kier molecular flexibility index (Phi) is 4.02. The van der Waals surface area contributed by atoms with Gasteiger partial charge in [-0.05, 0) is 24.3 Å². The largest absolute Gasteiger partial charge is 0.330 e. The van der Waals surface area contributed by atoms with Gasteiger partial charge in [-0.15, -0.1) is 0 Å². The molecular weight excluding hydrogens is 250 g/mol. The molecule has 0 heterocycles. The zero-order valence-corrected chi connectivity index (χ0v) is 11.4. The van der Waals surface area contributed by atoms with Gasteiger partial charge in [-0.25, -0.2) is 4.79 Å². The molecule has 0 aliphatic heterocycles. The molecule has 0 saturated carbocycles. The highest BCUT2D eigenvalue weighted by atomic mass is 16.2. The van der Waals surface area contributed by atoms with E-state index in [1.54, 1.807) is 37.2 Å². The van der Waals surface area contributed by atoms with E-state index < -0.39 is 0 Å². The van der Waals surface area contributed by atoms with Crippen molar-refractivity contribution in [3.63, 3.8) is 0 Å². The summed E-state index contributed by atoms with van der Waals surface area (Å²) in [7, 11) is 3.38. The molecular formula is C16H15N3O. The van der Waals surface area contributed by atoms with Gasteiger partial charge in [-0.3, -0.25) is 4.90 Å². The van der Waals surface area contributed by atoms with Crippen LogP contribution in [0.25, 0.3) is 0 Å². The molecule has 0 bridgehead atoms. The number of urea groups is 1. The van der Waals surface area contributed by atoms with Crippen LogP contribution in [0.1, 0.15) is 5.56 Å². The van der Waals surface area contributed by atoms with Gasteiger partial charge < -0.3 is 4.90 Å². The Hall–Kier alpha value is -2.80. The molecule has 0 aromatic heterocycles. The van der Waals surface area contributed by atoms with Crippen molar-refractivity contribution in [2.75, 3.05) is 19.0 Å². The van der Waals surface area contributed by atoms with Crippen LogP contribution in [0.15, 0.2) is 54.6 Å². The zero-order chi connectivity index (χ0) is 14.5. The van der Waals surface area contributed by atoms with Crippen molar-refractivity contribution in [1.82, 2.24) is 4.90 Å². The minimum absolute atomic E-state index is 0.195. The number of nitrogens with zero attached hydrogens (tertiary/aromatic N) is 3. The first-order valence-electron chi connectivity index (χ1n) is 6.20. The van der Waals surface area contributed by atoms with E-state index in [0.717, 1.165) is 5.69 Å². The number of hydrogen-bond donors (Lipinski definition) is 0. The topological polar surface area (TPSA) is 47.3 Å². The molecule has 100 valence electrons. The summed E-state index contributed by atoms with van der Waals surface area (Å²) >= 11 is 0. The minimum Gasteiger partial charge on any atom is -0.330 e. The maximum atomic E-state index is 12.5. The average molecular weight is 265 g/mol. The second kappa shape index (κ2) is 5.89. The van der Waals surface area contributed by atoms with Crippen molar-refractivity contribution < 1.29 is 4.79 Å².